The fraction of sp³-hybridized carbons (Fsp3) is 0.917. The van der Waals surface area contributed by atoms with Crippen LogP contribution in [0.3, 0.4) is 0 Å². The number of carbonyl (C=O) groups excluding carboxylic acids is 1. The molecule has 0 aromatic heterocycles. The van der Waals surface area contributed by atoms with E-state index in [2.05, 4.69) is 13.8 Å². The molecule has 0 heterocycles. The van der Waals surface area contributed by atoms with E-state index in [0.29, 0.717) is 6.61 Å². The third-order valence-electron chi connectivity index (χ3n) is 2.61. The van der Waals surface area contributed by atoms with Crippen LogP contribution in [0.15, 0.2) is 0 Å². The topological polar surface area (TPSA) is 35.5 Å². The largest absolute Gasteiger partial charge is 0.465 e. The number of hydrogen-bond acceptors (Lipinski definition) is 3. The number of ether oxygens (including phenoxy) is 2. The van der Waals surface area contributed by atoms with Gasteiger partial charge < -0.3 is 9.47 Å². The molecule has 0 N–H and O–H groups in total. The Balaban J connectivity index is 2.01. The zero-order chi connectivity index (χ0) is 11.1. The fourth-order valence-corrected chi connectivity index (χ4v) is 1.41. The summed E-state index contributed by atoms with van der Waals surface area (Å²) in [6, 6.07) is 0. The van der Waals surface area contributed by atoms with Crippen molar-refractivity contribution in [1.29, 1.82) is 0 Å². The van der Waals surface area contributed by atoms with E-state index in [1.54, 1.807) is 0 Å². The second kappa shape index (κ2) is 6.83. The summed E-state index contributed by atoms with van der Waals surface area (Å²) in [6.45, 7) is 5.56. The quantitative estimate of drug-likeness (QED) is 0.460. The molecule has 0 bridgehead atoms. The molecular formula is C12H22O3. The number of unbranched alkanes of at least 4 members (excludes halogenated alkanes) is 2. The van der Waals surface area contributed by atoms with Gasteiger partial charge >= 0.3 is 5.97 Å². The van der Waals surface area contributed by atoms with E-state index in [1.165, 1.54) is 0 Å². The van der Waals surface area contributed by atoms with Crippen molar-refractivity contribution in [3.05, 3.63) is 0 Å². The first kappa shape index (κ1) is 12.5. The van der Waals surface area contributed by atoms with Gasteiger partial charge in [0.05, 0.1) is 18.6 Å². The molecule has 1 aliphatic carbocycles. The predicted molar refractivity (Wildman–Crippen MR) is 58.6 cm³/mol. The number of hydrogen-bond donors (Lipinski definition) is 0. The standard InChI is InChI=1S/C12H22O3/c1-3-5-7-14-11-9-10(11)12(13)15-8-6-4-2/h10-11H,3-9H2,1-2H3. The Bertz CT molecular complexity index is 191. The highest BCUT2D eigenvalue weighted by Crippen LogP contribution is 2.35. The molecular weight excluding hydrogens is 192 g/mol. The Kier molecular flexibility index (Phi) is 5.69. The van der Waals surface area contributed by atoms with E-state index in [9.17, 15) is 4.79 Å². The van der Waals surface area contributed by atoms with Gasteiger partial charge in [-0.1, -0.05) is 26.7 Å². The van der Waals surface area contributed by atoms with E-state index >= 15 is 0 Å². The summed E-state index contributed by atoms with van der Waals surface area (Å²) >= 11 is 0. The first-order chi connectivity index (χ1) is 7.29. The minimum Gasteiger partial charge on any atom is -0.465 e. The summed E-state index contributed by atoms with van der Waals surface area (Å²) in [6.07, 6.45) is 5.24. The highest BCUT2D eigenvalue weighted by atomic mass is 16.5. The maximum absolute atomic E-state index is 11.4. The van der Waals surface area contributed by atoms with Gasteiger partial charge in [0, 0.05) is 6.61 Å². The van der Waals surface area contributed by atoms with Gasteiger partial charge in [0.15, 0.2) is 0 Å². The van der Waals surface area contributed by atoms with Crippen molar-refractivity contribution in [3.8, 4) is 0 Å². The van der Waals surface area contributed by atoms with E-state index in [-0.39, 0.29) is 18.0 Å². The molecule has 3 nitrogen and oxygen atoms in total. The lowest BCUT2D eigenvalue weighted by Crippen LogP contribution is -2.12. The first-order valence-electron chi connectivity index (χ1n) is 6.07. The van der Waals surface area contributed by atoms with Crippen LogP contribution in [-0.2, 0) is 14.3 Å². The average Bonchev–Trinajstić information content (AvgIpc) is 2.98. The van der Waals surface area contributed by atoms with Crippen molar-refractivity contribution < 1.29 is 14.3 Å². The molecule has 88 valence electrons. The van der Waals surface area contributed by atoms with Crippen molar-refractivity contribution in [2.75, 3.05) is 13.2 Å². The van der Waals surface area contributed by atoms with Crippen molar-refractivity contribution in [1.82, 2.24) is 0 Å². The van der Waals surface area contributed by atoms with Crippen LogP contribution in [0, 0.1) is 5.92 Å². The Morgan fingerprint density at radius 2 is 1.87 bits per heavy atom. The van der Waals surface area contributed by atoms with E-state index in [4.69, 9.17) is 9.47 Å². The van der Waals surface area contributed by atoms with E-state index < -0.39 is 0 Å². The lowest BCUT2D eigenvalue weighted by Gasteiger charge is -2.04. The van der Waals surface area contributed by atoms with Crippen LogP contribution in [0.2, 0.25) is 0 Å². The van der Waals surface area contributed by atoms with Gasteiger partial charge in [-0.3, -0.25) is 4.79 Å². The van der Waals surface area contributed by atoms with Crippen LogP contribution in [-0.4, -0.2) is 25.3 Å². The molecule has 1 saturated carbocycles. The Labute approximate surface area is 92.1 Å². The summed E-state index contributed by atoms with van der Waals surface area (Å²) in [4.78, 5) is 11.4. The molecule has 0 amide bonds. The summed E-state index contributed by atoms with van der Waals surface area (Å²) in [5, 5.41) is 0. The molecule has 3 heteroatoms. The monoisotopic (exact) mass is 214 g/mol. The zero-order valence-electron chi connectivity index (χ0n) is 9.83. The number of carbonyl (C=O) groups is 1. The Hall–Kier alpha value is -0.570. The van der Waals surface area contributed by atoms with Crippen LogP contribution in [0.25, 0.3) is 0 Å². The second-order valence-corrected chi connectivity index (χ2v) is 4.13. The molecule has 0 aliphatic heterocycles. The van der Waals surface area contributed by atoms with Gasteiger partial charge in [-0.2, -0.15) is 0 Å². The first-order valence-corrected chi connectivity index (χ1v) is 6.07. The molecule has 1 aliphatic rings. The van der Waals surface area contributed by atoms with Crippen molar-refractivity contribution in [2.24, 2.45) is 5.92 Å². The molecule has 0 aromatic carbocycles. The lowest BCUT2D eigenvalue weighted by atomic mass is 10.3. The highest BCUT2D eigenvalue weighted by Gasteiger charge is 2.45. The van der Waals surface area contributed by atoms with Gasteiger partial charge in [0.25, 0.3) is 0 Å². The summed E-state index contributed by atoms with van der Waals surface area (Å²) in [5.41, 5.74) is 0. The minimum absolute atomic E-state index is 0.0266. The van der Waals surface area contributed by atoms with Gasteiger partial charge in [0.2, 0.25) is 0 Å². The van der Waals surface area contributed by atoms with Crippen LogP contribution in [0.5, 0.6) is 0 Å². The summed E-state index contributed by atoms with van der Waals surface area (Å²) in [5.74, 6) is -0.0383. The molecule has 15 heavy (non-hydrogen) atoms. The Morgan fingerprint density at radius 1 is 1.20 bits per heavy atom. The Morgan fingerprint density at radius 3 is 2.53 bits per heavy atom. The summed E-state index contributed by atoms with van der Waals surface area (Å²) in [7, 11) is 0. The van der Waals surface area contributed by atoms with E-state index in [1.807, 2.05) is 0 Å². The maximum atomic E-state index is 11.4. The second-order valence-electron chi connectivity index (χ2n) is 4.13. The number of rotatable bonds is 8. The third-order valence-corrected chi connectivity index (χ3v) is 2.61. The molecule has 0 radical (unpaired) electrons. The van der Waals surface area contributed by atoms with Crippen molar-refractivity contribution in [3.63, 3.8) is 0 Å². The van der Waals surface area contributed by atoms with Gasteiger partial charge in [-0.05, 0) is 19.3 Å². The van der Waals surface area contributed by atoms with Crippen LogP contribution in [0.1, 0.15) is 46.0 Å². The molecule has 2 atom stereocenters. The van der Waals surface area contributed by atoms with Crippen molar-refractivity contribution >= 4 is 5.97 Å². The lowest BCUT2D eigenvalue weighted by molar-refractivity contribution is -0.146. The van der Waals surface area contributed by atoms with Gasteiger partial charge in [-0.15, -0.1) is 0 Å². The van der Waals surface area contributed by atoms with Crippen LogP contribution >= 0.6 is 0 Å². The predicted octanol–water partition coefficient (Wildman–Crippen LogP) is 2.53. The minimum atomic E-state index is -0.0649. The molecule has 1 fully saturated rings. The van der Waals surface area contributed by atoms with Gasteiger partial charge in [0.1, 0.15) is 0 Å². The average molecular weight is 214 g/mol. The molecule has 2 unspecified atom stereocenters. The SMILES string of the molecule is CCCCOC(=O)C1CC1OCCCC. The van der Waals surface area contributed by atoms with Crippen LogP contribution in [0.4, 0.5) is 0 Å². The molecule has 0 saturated heterocycles. The molecule has 0 aromatic rings. The molecule has 0 spiro atoms. The number of esters is 1. The van der Waals surface area contributed by atoms with Gasteiger partial charge in [-0.25, -0.2) is 0 Å². The summed E-state index contributed by atoms with van der Waals surface area (Å²) < 4.78 is 10.7. The molecule has 1 rings (SSSR count). The highest BCUT2D eigenvalue weighted by molar-refractivity contribution is 5.76. The zero-order valence-corrected chi connectivity index (χ0v) is 9.83. The van der Waals surface area contributed by atoms with E-state index in [0.717, 1.165) is 38.7 Å². The van der Waals surface area contributed by atoms with Crippen LogP contribution < -0.4 is 0 Å². The maximum Gasteiger partial charge on any atom is 0.311 e. The van der Waals surface area contributed by atoms with Crippen molar-refractivity contribution in [2.45, 2.75) is 52.1 Å². The third kappa shape index (κ3) is 4.65. The smallest absolute Gasteiger partial charge is 0.311 e. The fourth-order valence-electron chi connectivity index (χ4n) is 1.41. The normalized spacial score (nSPS) is 23.9.